The third-order valence-corrected chi connectivity index (χ3v) is 6.92. The number of rotatable bonds is 4. The normalized spacial score (nSPS) is 21.1. The second-order valence-corrected chi connectivity index (χ2v) is 11.6. The van der Waals surface area contributed by atoms with Gasteiger partial charge in [-0.15, -0.1) is 0 Å². The summed E-state index contributed by atoms with van der Waals surface area (Å²) < 4.78 is 2.41. The lowest BCUT2D eigenvalue weighted by Crippen LogP contribution is -2.30. The summed E-state index contributed by atoms with van der Waals surface area (Å²) in [5.74, 6) is 0.771. The fraction of sp³-hybridized carbons (Fsp3) is 0.500. The number of carbonyl (C=O) groups is 1. The van der Waals surface area contributed by atoms with Gasteiger partial charge < -0.3 is 9.67 Å². The highest BCUT2D eigenvalue weighted by Crippen LogP contribution is 2.45. The van der Waals surface area contributed by atoms with Crippen molar-refractivity contribution in [2.45, 2.75) is 78.7 Å². The van der Waals surface area contributed by atoms with Gasteiger partial charge in [0, 0.05) is 12.5 Å². The molecule has 4 rings (SSSR count). The molecule has 0 saturated heterocycles. The Balaban J connectivity index is 1.78. The lowest BCUT2D eigenvalue weighted by atomic mass is 9.70. The van der Waals surface area contributed by atoms with Crippen molar-refractivity contribution in [3.8, 4) is 0 Å². The van der Waals surface area contributed by atoms with Crippen LogP contribution in [-0.4, -0.2) is 20.6 Å². The Hall–Kier alpha value is -2.62. The van der Waals surface area contributed by atoms with E-state index in [1.54, 1.807) is 12.1 Å². The predicted molar refractivity (Wildman–Crippen MR) is 130 cm³/mol. The van der Waals surface area contributed by atoms with E-state index >= 15 is 0 Å². The highest BCUT2D eigenvalue weighted by molar-refractivity contribution is 5.92. The first kappa shape index (κ1) is 22.6. The van der Waals surface area contributed by atoms with Crippen molar-refractivity contribution < 1.29 is 9.90 Å². The number of benzene rings is 2. The molecule has 4 nitrogen and oxygen atoms in total. The van der Waals surface area contributed by atoms with E-state index in [-0.39, 0.29) is 10.8 Å². The number of hydrogen-bond donors (Lipinski definition) is 1. The molecule has 0 spiro atoms. The van der Waals surface area contributed by atoms with Gasteiger partial charge in [0.05, 0.1) is 16.6 Å². The number of aromatic carboxylic acids is 1. The monoisotopic (exact) mass is 432 g/mol. The molecule has 0 radical (unpaired) electrons. The lowest BCUT2D eigenvalue weighted by molar-refractivity contribution is 0.0697. The number of carboxylic acid groups (broad SMARTS) is 1. The van der Waals surface area contributed by atoms with Gasteiger partial charge in [-0.05, 0) is 65.3 Å². The minimum atomic E-state index is -0.909. The summed E-state index contributed by atoms with van der Waals surface area (Å²) in [6, 6.07) is 14.6. The molecule has 2 atom stereocenters. The van der Waals surface area contributed by atoms with Crippen LogP contribution >= 0.6 is 0 Å². The number of carboxylic acids is 1. The van der Waals surface area contributed by atoms with Crippen LogP contribution in [0.4, 0.5) is 0 Å². The maximum atomic E-state index is 11.5. The predicted octanol–water partition coefficient (Wildman–Crippen LogP) is 7.01. The van der Waals surface area contributed by atoms with E-state index in [2.05, 4.69) is 70.4 Å². The van der Waals surface area contributed by atoms with Crippen LogP contribution in [0.2, 0.25) is 0 Å². The van der Waals surface area contributed by atoms with Crippen molar-refractivity contribution in [1.82, 2.24) is 9.55 Å². The van der Waals surface area contributed by atoms with Crippen molar-refractivity contribution in [3.05, 3.63) is 65.0 Å². The fourth-order valence-electron chi connectivity index (χ4n) is 5.61. The molecule has 170 valence electrons. The maximum Gasteiger partial charge on any atom is 0.335 e. The molecule has 0 bridgehead atoms. The largest absolute Gasteiger partial charge is 0.478 e. The Bertz CT molecular complexity index is 1130. The van der Waals surface area contributed by atoms with Gasteiger partial charge in [-0.25, -0.2) is 9.78 Å². The summed E-state index contributed by atoms with van der Waals surface area (Å²) in [6.07, 6.45) is 4.22. The number of aromatic nitrogens is 2. The van der Waals surface area contributed by atoms with Crippen LogP contribution in [0.5, 0.6) is 0 Å². The zero-order valence-corrected chi connectivity index (χ0v) is 20.3. The molecule has 2 aromatic carbocycles. The van der Waals surface area contributed by atoms with Crippen LogP contribution < -0.4 is 0 Å². The second kappa shape index (κ2) is 8.06. The molecule has 1 heterocycles. The molecule has 1 aliphatic rings. The van der Waals surface area contributed by atoms with E-state index in [0.717, 1.165) is 36.1 Å². The highest BCUT2D eigenvalue weighted by atomic mass is 16.4. The third kappa shape index (κ3) is 4.60. The van der Waals surface area contributed by atoms with Crippen molar-refractivity contribution in [1.29, 1.82) is 0 Å². The van der Waals surface area contributed by atoms with E-state index in [0.29, 0.717) is 17.5 Å². The Morgan fingerprint density at radius 1 is 1.12 bits per heavy atom. The highest BCUT2D eigenvalue weighted by Gasteiger charge is 2.34. The van der Waals surface area contributed by atoms with Crippen molar-refractivity contribution in [2.24, 2.45) is 11.3 Å². The van der Waals surface area contributed by atoms with Crippen LogP contribution in [0.25, 0.3) is 11.0 Å². The topological polar surface area (TPSA) is 55.1 Å². The number of hydrogen-bond acceptors (Lipinski definition) is 2. The van der Waals surface area contributed by atoms with E-state index in [1.807, 2.05) is 6.07 Å². The van der Waals surface area contributed by atoms with Crippen LogP contribution in [0.1, 0.15) is 94.2 Å². The zero-order valence-electron chi connectivity index (χ0n) is 20.3. The quantitative estimate of drug-likeness (QED) is 0.482. The Morgan fingerprint density at radius 2 is 1.81 bits per heavy atom. The van der Waals surface area contributed by atoms with E-state index in [1.165, 1.54) is 17.5 Å². The minimum Gasteiger partial charge on any atom is -0.478 e. The van der Waals surface area contributed by atoms with E-state index < -0.39 is 5.97 Å². The van der Waals surface area contributed by atoms with Crippen LogP contribution in [0, 0.1) is 11.3 Å². The summed E-state index contributed by atoms with van der Waals surface area (Å²) in [6.45, 7) is 13.8. The van der Waals surface area contributed by atoms with E-state index in [9.17, 15) is 9.90 Å². The molecule has 1 saturated carbocycles. The molecule has 0 aliphatic heterocycles. The fourth-order valence-corrected chi connectivity index (χ4v) is 5.61. The van der Waals surface area contributed by atoms with Crippen LogP contribution in [0.3, 0.4) is 0 Å². The second-order valence-electron chi connectivity index (χ2n) is 11.6. The minimum absolute atomic E-state index is 0.128. The summed E-state index contributed by atoms with van der Waals surface area (Å²) in [4.78, 5) is 16.5. The smallest absolute Gasteiger partial charge is 0.335 e. The van der Waals surface area contributed by atoms with Crippen LogP contribution in [-0.2, 0) is 11.8 Å². The van der Waals surface area contributed by atoms with Gasteiger partial charge in [0.2, 0.25) is 0 Å². The summed E-state index contributed by atoms with van der Waals surface area (Å²) in [5, 5.41) is 9.46. The van der Waals surface area contributed by atoms with Gasteiger partial charge in [-0.1, -0.05) is 65.8 Å². The van der Waals surface area contributed by atoms with Crippen molar-refractivity contribution >= 4 is 17.0 Å². The van der Waals surface area contributed by atoms with Crippen LogP contribution in [0.15, 0.2) is 42.5 Å². The van der Waals surface area contributed by atoms with Crippen molar-refractivity contribution in [2.75, 3.05) is 0 Å². The molecule has 2 unspecified atom stereocenters. The third-order valence-electron chi connectivity index (χ3n) is 6.92. The molecule has 1 N–H and O–H groups in total. The lowest BCUT2D eigenvalue weighted by Gasteiger charge is -2.40. The first-order chi connectivity index (χ1) is 14.9. The Morgan fingerprint density at radius 3 is 2.41 bits per heavy atom. The number of imidazole rings is 1. The summed E-state index contributed by atoms with van der Waals surface area (Å²) >= 11 is 0. The Labute approximate surface area is 191 Å². The Kier molecular flexibility index (Phi) is 5.68. The molecular formula is C28H36N2O2. The SMILES string of the molecule is CC1CC(n2c(Cc3ccc(C(C)(C)C)cc3)nc3cc(C(=O)O)ccc32)CC(C)(C)C1. The molecule has 0 amide bonds. The molecular weight excluding hydrogens is 396 g/mol. The van der Waals surface area contributed by atoms with Gasteiger partial charge in [-0.3, -0.25) is 0 Å². The molecule has 1 fully saturated rings. The maximum absolute atomic E-state index is 11.5. The molecule has 3 aromatic rings. The average Bonchev–Trinajstić information content (AvgIpc) is 3.03. The average molecular weight is 433 g/mol. The summed E-state index contributed by atoms with van der Waals surface area (Å²) in [7, 11) is 0. The summed E-state index contributed by atoms with van der Waals surface area (Å²) in [5.41, 5.74) is 5.09. The molecule has 1 aliphatic carbocycles. The molecule has 4 heteroatoms. The number of nitrogens with zero attached hydrogens (tertiary/aromatic N) is 2. The first-order valence-electron chi connectivity index (χ1n) is 11.8. The van der Waals surface area contributed by atoms with Gasteiger partial charge in [0.25, 0.3) is 0 Å². The standard InChI is InChI=1S/C28H36N2O2/c1-18-13-22(17-28(5,6)16-18)30-24-12-9-20(26(31)32)15-23(24)29-25(30)14-19-7-10-21(11-8-19)27(2,3)4/h7-12,15,18,22H,13-14,16-17H2,1-6H3,(H,31,32). The van der Waals surface area contributed by atoms with Gasteiger partial charge in [-0.2, -0.15) is 0 Å². The molecule has 32 heavy (non-hydrogen) atoms. The van der Waals surface area contributed by atoms with Crippen molar-refractivity contribution in [3.63, 3.8) is 0 Å². The van der Waals surface area contributed by atoms with Gasteiger partial charge in [0.1, 0.15) is 5.82 Å². The van der Waals surface area contributed by atoms with Gasteiger partial charge in [0.15, 0.2) is 0 Å². The first-order valence-corrected chi connectivity index (χ1v) is 11.8. The molecule has 1 aromatic heterocycles. The van der Waals surface area contributed by atoms with E-state index in [4.69, 9.17) is 4.98 Å². The number of fused-ring (bicyclic) bond motifs is 1. The van der Waals surface area contributed by atoms with Gasteiger partial charge >= 0.3 is 5.97 Å². The zero-order chi connectivity index (χ0) is 23.3.